The van der Waals surface area contributed by atoms with Crippen molar-refractivity contribution in [1.29, 1.82) is 0 Å². The first-order chi connectivity index (χ1) is 11.1. The van der Waals surface area contributed by atoms with Crippen LogP contribution < -0.4 is 9.47 Å². The molecule has 0 atom stereocenters. The number of hydrogen-bond acceptors (Lipinski definition) is 4. The molecule has 0 aliphatic heterocycles. The Morgan fingerprint density at radius 3 is 2.52 bits per heavy atom. The molecule has 0 aliphatic rings. The minimum Gasteiger partial charge on any atom is -0.493 e. The third kappa shape index (κ3) is 4.85. The summed E-state index contributed by atoms with van der Waals surface area (Å²) in [4.78, 5) is 10.2. The number of rotatable bonds is 7. The van der Waals surface area contributed by atoms with Gasteiger partial charge in [0.05, 0.1) is 12.0 Å². The van der Waals surface area contributed by atoms with Crippen molar-refractivity contribution in [3.8, 4) is 11.5 Å². The van der Waals surface area contributed by atoms with Crippen LogP contribution in [0.5, 0.6) is 11.5 Å². The quantitative estimate of drug-likeness (QED) is 0.572. The summed E-state index contributed by atoms with van der Waals surface area (Å²) in [5.74, 6) is 1.26. The van der Waals surface area contributed by atoms with Crippen molar-refractivity contribution in [2.75, 3.05) is 7.11 Å². The monoisotopic (exact) mass is 313 g/mol. The second-order valence-corrected chi connectivity index (χ2v) is 5.07. The Morgan fingerprint density at radius 2 is 1.87 bits per heavy atom. The summed E-state index contributed by atoms with van der Waals surface area (Å²) in [5, 5.41) is 10.6. The van der Waals surface area contributed by atoms with Gasteiger partial charge in [-0.25, -0.2) is 0 Å². The van der Waals surface area contributed by atoms with Crippen LogP contribution in [0.25, 0.3) is 0 Å². The molecule has 0 heterocycles. The lowest BCUT2D eigenvalue weighted by Gasteiger charge is -2.12. The van der Waals surface area contributed by atoms with Crippen LogP contribution in [0.2, 0.25) is 0 Å². The van der Waals surface area contributed by atoms with E-state index in [1.165, 1.54) is 6.92 Å². The summed E-state index contributed by atoms with van der Waals surface area (Å²) in [6.45, 7) is 1.92. The third-order valence-corrected chi connectivity index (χ3v) is 3.39. The SMILES string of the molecule is COc1ccc(C/C=C(\C)[N+](=O)[O-])cc1OCc1ccccc1. The molecule has 0 aromatic heterocycles. The van der Waals surface area contributed by atoms with Gasteiger partial charge in [0.1, 0.15) is 6.61 Å². The number of ether oxygens (including phenoxy) is 2. The lowest BCUT2D eigenvalue weighted by molar-refractivity contribution is -0.424. The van der Waals surface area contributed by atoms with E-state index in [9.17, 15) is 10.1 Å². The van der Waals surface area contributed by atoms with Gasteiger partial charge in [0.2, 0.25) is 5.70 Å². The fourth-order valence-electron chi connectivity index (χ4n) is 2.04. The third-order valence-electron chi connectivity index (χ3n) is 3.39. The fourth-order valence-corrected chi connectivity index (χ4v) is 2.04. The lowest BCUT2D eigenvalue weighted by Crippen LogP contribution is -1.99. The number of methoxy groups -OCH3 is 1. The first-order valence-electron chi connectivity index (χ1n) is 7.25. The minimum absolute atomic E-state index is 0.132. The average molecular weight is 313 g/mol. The van der Waals surface area contributed by atoms with E-state index >= 15 is 0 Å². The molecule has 0 saturated carbocycles. The molecule has 2 aromatic rings. The van der Waals surface area contributed by atoms with Crippen LogP contribution in [-0.2, 0) is 13.0 Å². The predicted octanol–water partition coefficient (Wildman–Crippen LogP) is 4.00. The Balaban J connectivity index is 2.12. The smallest absolute Gasteiger partial charge is 0.239 e. The topological polar surface area (TPSA) is 61.6 Å². The van der Waals surface area contributed by atoms with E-state index < -0.39 is 4.92 Å². The van der Waals surface area contributed by atoms with Crippen molar-refractivity contribution in [3.05, 3.63) is 81.5 Å². The van der Waals surface area contributed by atoms with Gasteiger partial charge in [-0.2, -0.15) is 0 Å². The highest BCUT2D eigenvalue weighted by atomic mass is 16.6. The van der Waals surface area contributed by atoms with Crippen molar-refractivity contribution < 1.29 is 14.4 Å². The van der Waals surface area contributed by atoms with E-state index in [1.54, 1.807) is 13.2 Å². The first-order valence-corrected chi connectivity index (χ1v) is 7.25. The summed E-state index contributed by atoms with van der Waals surface area (Å²) in [6.07, 6.45) is 2.06. The van der Waals surface area contributed by atoms with Gasteiger partial charge in [-0.1, -0.05) is 36.4 Å². The van der Waals surface area contributed by atoms with Gasteiger partial charge in [0.25, 0.3) is 0 Å². The van der Waals surface area contributed by atoms with E-state index in [2.05, 4.69) is 0 Å². The van der Waals surface area contributed by atoms with Crippen LogP contribution in [0, 0.1) is 10.1 Å². The zero-order valence-corrected chi connectivity index (χ0v) is 13.2. The van der Waals surface area contributed by atoms with Crippen molar-refractivity contribution in [2.45, 2.75) is 20.0 Å². The molecule has 0 aliphatic carbocycles. The summed E-state index contributed by atoms with van der Waals surface area (Å²) in [6, 6.07) is 15.4. The number of nitrogens with zero attached hydrogens (tertiary/aromatic N) is 1. The molecule has 23 heavy (non-hydrogen) atoms. The fraction of sp³-hybridized carbons (Fsp3) is 0.222. The molecule has 0 saturated heterocycles. The van der Waals surface area contributed by atoms with Crippen molar-refractivity contribution >= 4 is 0 Å². The van der Waals surface area contributed by atoms with Crippen molar-refractivity contribution in [2.24, 2.45) is 0 Å². The largest absolute Gasteiger partial charge is 0.493 e. The van der Waals surface area contributed by atoms with Crippen molar-refractivity contribution in [3.63, 3.8) is 0 Å². The average Bonchev–Trinajstić information content (AvgIpc) is 2.58. The van der Waals surface area contributed by atoms with Gasteiger partial charge in [-0.3, -0.25) is 10.1 Å². The van der Waals surface area contributed by atoms with E-state index in [-0.39, 0.29) is 5.70 Å². The first kappa shape index (κ1) is 16.5. The highest BCUT2D eigenvalue weighted by Gasteiger charge is 2.07. The molecular formula is C18H19NO4. The lowest BCUT2D eigenvalue weighted by atomic mass is 10.1. The number of benzene rings is 2. The predicted molar refractivity (Wildman–Crippen MR) is 88.2 cm³/mol. The number of allylic oxidation sites excluding steroid dienone is 2. The standard InChI is InChI=1S/C18H19NO4/c1-14(19(20)21)8-9-15-10-11-17(22-2)18(12-15)23-13-16-6-4-3-5-7-16/h3-8,10-12H,9,13H2,1-2H3/b14-8+. The molecule has 0 amide bonds. The van der Waals surface area contributed by atoms with Gasteiger partial charge < -0.3 is 9.47 Å². The summed E-state index contributed by atoms with van der Waals surface area (Å²) < 4.78 is 11.1. The second kappa shape index (κ2) is 7.98. The van der Waals surface area contributed by atoms with Gasteiger partial charge in [-0.15, -0.1) is 0 Å². The molecular weight excluding hydrogens is 294 g/mol. The maximum Gasteiger partial charge on any atom is 0.239 e. The summed E-state index contributed by atoms with van der Waals surface area (Å²) >= 11 is 0. The van der Waals surface area contributed by atoms with Crippen molar-refractivity contribution in [1.82, 2.24) is 0 Å². The van der Waals surface area contributed by atoms with E-state index in [0.29, 0.717) is 24.5 Å². The Morgan fingerprint density at radius 1 is 1.13 bits per heavy atom. The maximum atomic E-state index is 10.6. The van der Waals surface area contributed by atoms with Crippen LogP contribution in [0.1, 0.15) is 18.1 Å². The van der Waals surface area contributed by atoms with Gasteiger partial charge in [-0.05, 0) is 35.8 Å². The van der Waals surface area contributed by atoms with E-state index in [0.717, 1.165) is 11.1 Å². The molecule has 2 rings (SSSR count). The summed E-state index contributed by atoms with van der Waals surface area (Å²) in [5.41, 5.74) is 2.12. The molecule has 0 N–H and O–H groups in total. The molecule has 0 spiro atoms. The molecule has 5 nitrogen and oxygen atoms in total. The molecule has 2 aromatic carbocycles. The molecule has 0 unspecified atom stereocenters. The zero-order chi connectivity index (χ0) is 16.7. The second-order valence-electron chi connectivity index (χ2n) is 5.07. The Hall–Kier alpha value is -2.82. The zero-order valence-electron chi connectivity index (χ0n) is 13.2. The van der Waals surface area contributed by atoms with Crippen LogP contribution in [0.15, 0.2) is 60.3 Å². The van der Waals surface area contributed by atoms with Crippen LogP contribution in [-0.4, -0.2) is 12.0 Å². The van der Waals surface area contributed by atoms with Gasteiger partial charge >= 0.3 is 0 Å². The number of nitro groups is 1. The molecule has 0 bridgehead atoms. The molecule has 5 heteroatoms. The highest BCUT2D eigenvalue weighted by molar-refractivity contribution is 5.43. The van der Waals surface area contributed by atoms with Gasteiger partial charge in [0.15, 0.2) is 11.5 Å². The molecule has 0 radical (unpaired) electrons. The number of hydrogen-bond donors (Lipinski definition) is 0. The summed E-state index contributed by atoms with van der Waals surface area (Å²) in [7, 11) is 1.58. The minimum atomic E-state index is -0.393. The maximum absolute atomic E-state index is 10.6. The Bertz CT molecular complexity index is 695. The van der Waals surface area contributed by atoms with Gasteiger partial charge in [0, 0.05) is 6.92 Å². The molecule has 120 valence electrons. The van der Waals surface area contributed by atoms with E-state index in [4.69, 9.17) is 9.47 Å². The Kier molecular flexibility index (Phi) is 5.74. The van der Waals surface area contributed by atoms with Crippen LogP contribution in [0.3, 0.4) is 0 Å². The Labute approximate surface area is 135 Å². The normalized spacial score (nSPS) is 11.1. The molecule has 0 fully saturated rings. The van der Waals surface area contributed by atoms with E-state index in [1.807, 2.05) is 48.5 Å². The van der Waals surface area contributed by atoms with Crippen LogP contribution in [0.4, 0.5) is 0 Å². The highest BCUT2D eigenvalue weighted by Crippen LogP contribution is 2.29. The van der Waals surface area contributed by atoms with Crippen LogP contribution >= 0.6 is 0 Å².